The van der Waals surface area contributed by atoms with Crippen molar-refractivity contribution >= 4 is 29.1 Å². The Labute approximate surface area is 140 Å². The van der Waals surface area contributed by atoms with Crippen molar-refractivity contribution in [2.45, 2.75) is 13.0 Å². The van der Waals surface area contributed by atoms with E-state index in [0.29, 0.717) is 22.3 Å². The second-order valence-corrected chi connectivity index (χ2v) is 5.84. The van der Waals surface area contributed by atoms with E-state index < -0.39 is 6.10 Å². The zero-order valence-corrected chi connectivity index (χ0v) is 14.0. The first-order chi connectivity index (χ1) is 10.6. The number of nitrogens with zero attached hydrogens (tertiary/aromatic N) is 1. The third-order valence-electron chi connectivity index (χ3n) is 3.42. The fraction of sp³-hybridized carbons (Fsp3) is 0.533. The maximum atomic E-state index is 12.0. The van der Waals surface area contributed by atoms with Crippen LogP contribution in [-0.4, -0.2) is 56.3 Å². The van der Waals surface area contributed by atoms with Crippen LogP contribution in [-0.2, 0) is 9.53 Å². The van der Waals surface area contributed by atoms with E-state index in [4.69, 9.17) is 32.7 Å². The Hall–Kier alpha value is -1.01. The summed E-state index contributed by atoms with van der Waals surface area (Å²) in [6.07, 6.45) is -0.638. The van der Waals surface area contributed by atoms with Crippen LogP contribution in [0.1, 0.15) is 6.92 Å². The van der Waals surface area contributed by atoms with Gasteiger partial charge in [0, 0.05) is 26.2 Å². The summed E-state index contributed by atoms with van der Waals surface area (Å²) in [4.78, 5) is 14.3. The number of morpholine rings is 1. The van der Waals surface area contributed by atoms with Crippen LogP contribution in [0, 0.1) is 0 Å². The van der Waals surface area contributed by atoms with E-state index in [9.17, 15) is 4.79 Å². The highest BCUT2D eigenvalue weighted by atomic mass is 35.5. The molecule has 1 amide bonds. The second-order valence-electron chi connectivity index (χ2n) is 5.06. The van der Waals surface area contributed by atoms with Crippen LogP contribution >= 0.6 is 23.2 Å². The molecule has 0 aromatic heterocycles. The van der Waals surface area contributed by atoms with Gasteiger partial charge in [-0.25, -0.2) is 0 Å². The summed E-state index contributed by atoms with van der Waals surface area (Å²) in [5, 5.41) is 3.58. The van der Waals surface area contributed by atoms with E-state index in [1.807, 2.05) is 0 Å². The number of nitrogens with one attached hydrogen (secondary N) is 1. The highest BCUT2D eigenvalue weighted by molar-refractivity contribution is 6.42. The van der Waals surface area contributed by atoms with Crippen molar-refractivity contribution in [2.75, 3.05) is 39.4 Å². The summed E-state index contributed by atoms with van der Waals surface area (Å²) < 4.78 is 10.8. The average molecular weight is 347 g/mol. The minimum Gasteiger partial charge on any atom is -0.479 e. The molecule has 7 heteroatoms. The number of hydrogen-bond donors (Lipinski definition) is 1. The molecule has 22 heavy (non-hydrogen) atoms. The maximum Gasteiger partial charge on any atom is 0.260 e. The summed E-state index contributed by atoms with van der Waals surface area (Å²) >= 11 is 12.0. The predicted molar refractivity (Wildman–Crippen MR) is 86.8 cm³/mol. The lowest BCUT2D eigenvalue weighted by molar-refractivity contribution is -0.127. The fourth-order valence-corrected chi connectivity index (χ4v) is 2.46. The smallest absolute Gasteiger partial charge is 0.260 e. The van der Waals surface area contributed by atoms with Crippen molar-refractivity contribution in [3.63, 3.8) is 0 Å². The van der Waals surface area contributed by atoms with E-state index >= 15 is 0 Å². The Morgan fingerprint density at radius 2 is 2.14 bits per heavy atom. The third kappa shape index (κ3) is 5.02. The van der Waals surface area contributed by atoms with E-state index in [-0.39, 0.29) is 5.91 Å². The second kappa shape index (κ2) is 8.58. The van der Waals surface area contributed by atoms with Crippen molar-refractivity contribution in [1.29, 1.82) is 0 Å². The van der Waals surface area contributed by atoms with Gasteiger partial charge in [0.2, 0.25) is 0 Å². The van der Waals surface area contributed by atoms with E-state index in [2.05, 4.69) is 10.2 Å². The molecule has 1 aliphatic rings. The molecule has 1 atom stereocenters. The molecule has 5 nitrogen and oxygen atoms in total. The largest absolute Gasteiger partial charge is 0.479 e. The first-order valence-electron chi connectivity index (χ1n) is 7.26. The minimum atomic E-state index is -0.638. The predicted octanol–water partition coefficient (Wildman–Crippen LogP) is 2.21. The lowest BCUT2D eigenvalue weighted by Crippen LogP contribution is -2.43. The van der Waals surface area contributed by atoms with Crippen molar-refractivity contribution in [1.82, 2.24) is 10.2 Å². The third-order valence-corrected chi connectivity index (χ3v) is 4.22. The van der Waals surface area contributed by atoms with Crippen LogP contribution in [0.3, 0.4) is 0 Å². The zero-order chi connectivity index (χ0) is 15.9. The number of halogens is 2. The molecule has 0 saturated carbocycles. The Kier molecular flexibility index (Phi) is 6.76. The lowest BCUT2D eigenvalue weighted by atomic mass is 10.3. The lowest BCUT2D eigenvalue weighted by Gasteiger charge is -2.26. The molecule has 0 radical (unpaired) electrons. The molecule has 0 aliphatic carbocycles. The molecule has 1 N–H and O–H groups in total. The van der Waals surface area contributed by atoms with Gasteiger partial charge in [-0.3, -0.25) is 9.69 Å². The number of carbonyl (C=O) groups excluding carboxylic acids is 1. The summed E-state index contributed by atoms with van der Waals surface area (Å²) in [7, 11) is 0. The number of benzene rings is 1. The topological polar surface area (TPSA) is 50.8 Å². The molecular formula is C15H20Cl2N2O3. The molecule has 1 saturated heterocycles. The number of rotatable bonds is 6. The van der Waals surface area contributed by atoms with Gasteiger partial charge >= 0.3 is 0 Å². The van der Waals surface area contributed by atoms with Crippen molar-refractivity contribution in [3.05, 3.63) is 28.2 Å². The molecule has 1 aliphatic heterocycles. The van der Waals surface area contributed by atoms with E-state index in [0.717, 1.165) is 32.8 Å². The number of ether oxygens (including phenoxy) is 2. The van der Waals surface area contributed by atoms with Crippen molar-refractivity contribution < 1.29 is 14.3 Å². The van der Waals surface area contributed by atoms with Crippen molar-refractivity contribution in [2.24, 2.45) is 0 Å². The molecule has 1 heterocycles. The molecule has 1 aromatic rings. The van der Waals surface area contributed by atoms with Gasteiger partial charge in [-0.2, -0.15) is 0 Å². The van der Waals surface area contributed by atoms with Gasteiger partial charge in [0.15, 0.2) is 6.10 Å². The normalized spacial score (nSPS) is 17.0. The Balaban J connectivity index is 1.75. The van der Waals surface area contributed by atoms with Gasteiger partial charge in [0.1, 0.15) is 10.8 Å². The maximum absolute atomic E-state index is 12.0. The van der Waals surface area contributed by atoms with Gasteiger partial charge in [-0.15, -0.1) is 0 Å². The molecule has 1 unspecified atom stereocenters. The van der Waals surface area contributed by atoms with Gasteiger partial charge in [0.25, 0.3) is 5.91 Å². The number of hydrogen-bond acceptors (Lipinski definition) is 4. The first kappa shape index (κ1) is 17.3. The number of amides is 1. The van der Waals surface area contributed by atoms with Crippen LogP contribution in [0.4, 0.5) is 0 Å². The highest BCUT2D eigenvalue weighted by Gasteiger charge is 2.17. The van der Waals surface area contributed by atoms with E-state index in [1.165, 1.54) is 0 Å². The zero-order valence-electron chi connectivity index (χ0n) is 12.5. The van der Waals surface area contributed by atoms with Crippen LogP contribution in [0.2, 0.25) is 10.0 Å². The summed E-state index contributed by atoms with van der Waals surface area (Å²) in [6, 6.07) is 5.09. The summed E-state index contributed by atoms with van der Waals surface area (Å²) in [5.41, 5.74) is 0. The van der Waals surface area contributed by atoms with Crippen molar-refractivity contribution in [3.8, 4) is 5.75 Å². The fourth-order valence-electron chi connectivity index (χ4n) is 2.12. The SMILES string of the molecule is CC(Oc1cccc(Cl)c1Cl)C(=O)NCCN1CCOCC1. The molecule has 0 bridgehead atoms. The van der Waals surface area contributed by atoms with E-state index in [1.54, 1.807) is 25.1 Å². The van der Waals surface area contributed by atoms with Crippen LogP contribution in [0.5, 0.6) is 5.75 Å². The van der Waals surface area contributed by atoms with Gasteiger partial charge in [0.05, 0.1) is 18.2 Å². The quantitative estimate of drug-likeness (QED) is 0.857. The monoisotopic (exact) mass is 346 g/mol. The molecule has 2 rings (SSSR count). The molecule has 0 spiro atoms. The van der Waals surface area contributed by atoms with Crippen LogP contribution in [0.15, 0.2) is 18.2 Å². The molecule has 1 fully saturated rings. The van der Waals surface area contributed by atoms with Crippen LogP contribution in [0.25, 0.3) is 0 Å². The van der Waals surface area contributed by atoms with Gasteiger partial charge in [-0.1, -0.05) is 29.3 Å². The Morgan fingerprint density at radius 1 is 1.41 bits per heavy atom. The van der Waals surface area contributed by atoms with Gasteiger partial charge in [-0.05, 0) is 19.1 Å². The molecular weight excluding hydrogens is 327 g/mol. The highest BCUT2D eigenvalue weighted by Crippen LogP contribution is 2.32. The molecule has 122 valence electrons. The average Bonchev–Trinajstić information content (AvgIpc) is 2.52. The van der Waals surface area contributed by atoms with Gasteiger partial charge < -0.3 is 14.8 Å². The summed E-state index contributed by atoms with van der Waals surface area (Å²) in [6.45, 7) is 6.37. The Bertz CT molecular complexity index is 508. The standard InChI is InChI=1S/C15H20Cl2N2O3/c1-11(22-13-4-2-3-12(16)14(13)17)15(20)18-5-6-19-7-9-21-10-8-19/h2-4,11H,5-10H2,1H3,(H,18,20). The molecule has 1 aromatic carbocycles. The first-order valence-corrected chi connectivity index (χ1v) is 8.02. The minimum absolute atomic E-state index is 0.177. The van der Waals surface area contributed by atoms with Crippen LogP contribution < -0.4 is 10.1 Å². The number of carbonyl (C=O) groups is 1. The Morgan fingerprint density at radius 3 is 2.86 bits per heavy atom. The summed E-state index contributed by atoms with van der Waals surface area (Å²) in [5.74, 6) is 0.231.